The highest BCUT2D eigenvalue weighted by Gasteiger charge is 2.18. The number of ether oxygens (including phenoxy) is 4. The molecule has 1 saturated heterocycles. The Bertz CT molecular complexity index is 945. The van der Waals surface area contributed by atoms with Crippen LogP contribution < -0.4 is 18.9 Å². The van der Waals surface area contributed by atoms with Crippen LogP contribution in [0.4, 0.5) is 0 Å². The summed E-state index contributed by atoms with van der Waals surface area (Å²) >= 11 is 0. The number of carbonyl (C=O) groups excluding carboxylic acids is 2. The lowest BCUT2D eigenvalue weighted by molar-refractivity contribution is -0.132. The van der Waals surface area contributed by atoms with Gasteiger partial charge in [-0.25, -0.2) is 0 Å². The van der Waals surface area contributed by atoms with E-state index in [0.29, 0.717) is 34.1 Å². The first-order valence-electron chi connectivity index (χ1n) is 10.1. The molecule has 1 fully saturated rings. The summed E-state index contributed by atoms with van der Waals surface area (Å²) < 4.78 is 21.5. The number of likely N-dealkylation sites (tertiary alicyclic amines) is 1. The molecule has 2 aromatic carbocycles. The Hall–Kier alpha value is -3.48. The lowest BCUT2D eigenvalue weighted by atomic mass is 10.1. The molecule has 0 spiro atoms. The summed E-state index contributed by atoms with van der Waals surface area (Å²) in [5.41, 5.74) is 1.20. The molecule has 3 rings (SSSR count). The number of allylic oxidation sites excluding steroid dienone is 1. The van der Waals surface area contributed by atoms with Crippen LogP contribution in [0.2, 0.25) is 0 Å². The molecule has 0 aromatic heterocycles. The molecule has 1 heterocycles. The van der Waals surface area contributed by atoms with Crippen LogP contribution in [0, 0.1) is 0 Å². The number of nitrogens with zero attached hydrogens (tertiary/aromatic N) is 1. The summed E-state index contributed by atoms with van der Waals surface area (Å²) in [6.07, 6.45) is 5.23. The standard InChI is InChI=1S/C24H27NO6/c1-28-21-15-23(30-3)22(29-2)14-18(21)8-11-20(26)17-6-9-19(10-7-17)31-16-24(27)25-12-4-5-13-25/h6-11,14-15H,4-5,12-13,16H2,1-3H3/b11-8+. The minimum atomic E-state index is -0.170. The molecule has 0 aliphatic carbocycles. The predicted octanol–water partition coefficient (Wildman–Crippen LogP) is 3.61. The molecule has 0 atom stereocenters. The van der Waals surface area contributed by atoms with Gasteiger partial charge >= 0.3 is 0 Å². The topological polar surface area (TPSA) is 74.3 Å². The molecule has 1 aliphatic rings. The molecule has 164 valence electrons. The minimum Gasteiger partial charge on any atom is -0.496 e. The molecular weight excluding hydrogens is 398 g/mol. The van der Waals surface area contributed by atoms with Crippen molar-refractivity contribution in [1.29, 1.82) is 0 Å². The maximum Gasteiger partial charge on any atom is 0.260 e. The number of amides is 1. The van der Waals surface area contributed by atoms with E-state index in [1.165, 1.54) is 6.08 Å². The molecule has 2 aromatic rings. The van der Waals surface area contributed by atoms with Crippen molar-refractivity contribution in [2.45, 2.75) is 12.8 Å². The molecule has 0 unspecified atom stereocenters. The van der Waals surface area contributed by atoms with Gasteiger partial charge in [0.2, 0.25) is 0 Å². The molecule has 7 heteroatoms. The van der Waals surface area contributed by atoms with Gasteiger partial charge in [0, 0.05) is 30.3 Å². The van der Waals surface area contributed by atoms with Crippen LogP contribution in [0.1, 0.15) is 28.8 Å². The lowest BCUT2D eigenvalue weighted by Crippen LogP contribution is -2.32. The van der Waals surface area contributed by atoms with Crippen molar-refractivity contribution in [2.24, 2.45) is 0 Å². The fourth-order valence-electron chi connectivity index (χ4n) is 3.36. The molecule has 0 bridgehead atoms. The van der Waals surface area contributed by atoms with Gasteiger partial charge in [-0.15, -0.1) is 0 Å². The normalized spacial score (nSPS) is 13.3. The average molecular weight is 425 g/mol. The van der Waals surface area contributed by atoms with Crippen molar-refractivity contribution < 1.29 is 28.5 Å². The van der Waals surface area contributed by atoms with Gasteiger partial charge in [-0.1, -0.05) is 0 Å². The van der Waals surface area contributed by atoms with Gasteiger partial charge in [-0.3, -0.25) is 9.59 Å². The van der Waals surface area contributed by atoms with E-state index in [1.54, 1.807) is 63.8 Å². The molecule has 31 heavy (non-hydrogen) atoms. The lowest BCUT2D eigenvalue weighted by Gasteiger charge is -2.15. The van der Waals surface area contributed by atoms with Crippen molar-refractivity contribution >= 4 is 17.8 Å². The molecular formula is C24H27NO6. The fraction of sp³-hybridized carbons (Fsp3) is 0.333. The van der Waals surface area contributed by atoms with E-state index in [1.807, 2.05) is 4.90 Å². The summed E-state index contributed by atoms with van der Waals surface area (Å²) in [4.78, 5) is 26.4. The van der Waals surface area contributed by atoms with Crippen LogP contribution in [0.15, 0.2) is 42.5 Å². The predicted molar refractivity (Wildman–Crippen MR) is 117 cm³/mol. The van der Waals surface area contributed by atoms with Crippen molar-refractivity contribution in [3.8, 4) is 23.0 Å². The number of carbonyl (C=O) groups is 2. The average Bonchev–Trinajstić information content (AvgIpc) is 3.35. The second kappa shape index (κ2) is 10.5. The maximum atomic E-state index is 12.6. The minimum absolute atomic E-state index is 0.00624. The highest BCUT2D eigenvalue weighted by atomic mass is 16.5. The van der Waals surface area contributed by atoms with Gasteiger partial charge in [-0.2, -0.15) is 0 Å². The van der Waals surface area contributed by atoms with Crippen LogP contribution >= 0.6 is 0 Å². The maximum absolute atomic E-state index is 12.6. The van der Waals surface area contributed by atoms with Gasteiger partial charge in [0.25, 0.3) is 5.91 Å². The van der Waals surface area contributed by atoms with Crippen LogP contribution in [0.25, 0.3) is 6.08 Å². The van der Waals surface area contributed by atoms with E-state index in [2.05, 4.69) is 0 Å². The van der Waals surface area contributed by atoms with Gasteiger partial charge in [0.1, 0.15) is 11.5 Å². The Balaban J connectivity index is 1.64. The first-order chi connectivity index (χ1) is 15.0. The molecule has 0 saturated carbocycles. The van der Waals surface area contributed by atoms with Crippen LogP contribution in [0.3, 0.4) is 0 Å². The first kappa shape index (κ1) is 22.2. The van der Waals surface area contributed by atoms with Gasteiger partial charge < -0.3 is 23.8 Å². The van der Waals surface area contributed by atoms with Gasteiger partial charge in [0.15, 0.2) is 23.9 Å². The Labute approximate surface area is 182 Å². The summed E-state index contributed by atoms with van der Waals surface area (Å²) in [5, 5.41) is 0. The fourth-order valence-corrected chi connectivity index (χ4v) is 3.36. The highest BCUT2D eigenvalue weighted by Crippen LogP contribution is 2.35. The number of ketones is 1. The second-order valence-electron chi connectivity index (χ2n) is 7.05. The van der Waals surface area contributed by atoms with Crippen molar-refractivity contribution in [3.05, 3.63) is 53.6 Å². The number of hydrogen-bond acceptors (Lipinski definition) is 6. The van der Waals surface area contributed by atoms with E-state index < -0.39 is 0 Å². The molecule has 0 N–H and O–H groups in total. The Kier molecular flexibility index (Phi) is 7.54. The molecule has 0 radical (unpaired) electrons. The van der Waals surface area contributed by atoms with E-state index in [4.69, 9.17) is 18.9 Å². The first-order valence-corrected chi connectivity index (χ1v) is 10.1. The summed E-state index contributed by atoms with van der Waals surface area (Å²) in [7, 11) is 4.64. The number of methoxy groups -OCH3 is 3. The third-order valence-electron chi connectivity index (χ3n) is 5.11. The van der Waals surface area contributed by atoms with Gasteiger partial charge in [0.05, 0.1) is 21.3 Å². The molecule has 1 aliphatic heterocycles. The zero-order valence-electron chi connectivity index (χ0n) is 18.1. The van der Waals surface area contributed by atoms with Crippen LogP contribution in [-0.4, -0.2) is 57.6 Å². The SMILES string of the molecule is COc1cc(OC)c(OC)cc1/C=C/C(=O)c1ccc(OCC(=O)N2CCCC2)cc1. The summed E-state index contributed by atoms with van der Waals surface area (Å²) in [6.45, 7) is 1.60. The Morgan fingerprint density at radius 3 is 2.13 bits per heavy atom. The van der Waals surface area contributed by atoms with E-state index >= 15 is 0 Å². The van der Waals surface area contributed by atoms with Gasteiger partial charge in [-0.05, 0) is 55.3 Å². The second-order valence-corrected chi connectivity index (χ2v) is 7.05. The van der Waals surface area contributed by atoms with Crippen molar-refractivity contribution in [1.82, 2.24) is 4.90 Å². The zero-order valence-corrected chi connectivity index (χ0v) is 18.1. The van der Waals surface area contributed by atoms with Crippen molar-refractivity contribution in [3.63, 3.8) is 0 Å². The largest absolute Gasteiger partial charge is 0.496 e. The quantitative estimate of drug-likeness (QED) is 0.451. The number of benzene rings is 2. The van der Waals surface area contributed by atoms with E-state index in [9.17, 15) is 9.59 Å². The molecule has 1 amide bonds. The van der Waals surface area contributed by atoms with E-state index in [0.717, 1.165) is 25.9 Å². The Morgan fingerprint density at radius 2 is 1.52 bits per heavy atom. The Morgan fingerprint density at radius 1 is 0.903 bits per heavy atom. The number of rotatable bonds is 9. The summed E-state index contributed by atoms with van der Waals surface area (Å²) in [6, 6.07) is 10.2. The third-order valence-corrected chi connectivity index (χ3v) is 5.11. The van der Waals surface area contributed by atoms with Crippen molar-refractivity contribution in [2.75, 3.05) is 41.0 Å². The molecule has 7 nitrogen and oxygen atoms in total. The van der Waals surface area contributed by atoms with Crippen LogP contribution in [-0.2, 0) is 4.79 Å². The zero-order chi connectivity index (χ0) is 22.2. The smallest absolute Gasteiger partial charge is 0.260 e. The monoisotopic (exact) mass is 425 g/mol. The van der Waals surface area contributed by atoms with Crippen LogP contribution in [0.5, 0.6) is 23.0 Å². The van der Waals surface area contributed by atoms with E-state index in [-0.39, 0.29) is 18.3 Å². The highest BCUT2D eigenvalue weighted by molar-refractivity contribution is 6.07. The third kappa shape index (κ3) is 5.57. The number of hydrogen-bond donors (Lipinski definition) is 0. The summed E-state index contributed by atoms with van der Waals surface area (Å²) in [5.74, 6) is 2.02.